The number of hydrogen-bond acceptors (Lipinski definition) is 3. The summed E-state index contributed by atoms with van der Waals surface area (Å²) in [5.41, 5.74) is 1.13. The summed E-state index contributed by atoms with van der Waals surface area (Å²) < 4.78 is 2.59. The van der Waals surface area contributed by atoms with Crippen LogP contribution in [0.15, 0.2) is 37.0 Å². The summed E-state index contributed by atoms with van der Waals surface area (Å²) in [6.07, 6.45) is 1.02. The maximum Gasteiger partial charge on any atom is 0.143 e. The van der Waals surface area contributed by atoms with Gasteiger partial charge in [-0.05, 0) is 84.0 Å². The Labute approximate surface area is 141 Å². The van der Waals surface area contributed by atoms with E-state index in [9.17, 15) is 5.11 Å². The predicted molar refractivity (Wildman–Crippen MR) is 90.9 cm³/mol. The minimum atomic E-state index is 0.243. The molecule has 19 heavy (non-hydrogen) atoms. The number of phenols is 1. The summed E-state index contributed by atoms with van der Waals surface area (Å²) in [6, 6.07) is 8.07. The third kappa shape index (κ3) is 4.56. The normalized spacial score (nSPS) is 10.9. The van der Waals surface area contributed by atoms with Crippen LogP contribution in [0.2, 0.25) is 0 Å². The highest BCUT2D eigenvalue weighted by Crippen LogP contribution is 2.33. The van der Waals surface area contributed by atoms with Crippen molar-refractivity contribution in [3.05, 3.63) is 47.4 Å². The topological polar surface area (TPSA) is 32.3 Å². The molecule has 0 saturated carbocycles. The number of phenolic OH excluding ortho intramolecular Hbond substituents is 1. The number of rotatable bonds is 5. The Morgan fingerprint density at radius 2 is 1.79 bits per heavy atom. The molecule has 0 aliphatic carbocycles. The van der Waals surface area contributed by atoms with Gasteiger partial charge in [0.2, 0.25) is 0 Å². The van der Waals surface area contributed by atoms with E-state index < -0.39 is 0 Å². The molecule has 102 valence electrons. The molecule has 0 unspecified atom stereocenters. The number of nitrogens with one attached hydrogen (secondary N) is 1. The molecule has 0 aliphatic rings. The van der Waals surface area contributed by atoms with Crippen molar-refractivity contribution >= 4 is 59.1 Å². The van der Waals surface area contributed by atoms with Crippen molar-refractivity contribution < 1.29 is 5.11 Å². The summed E-state index contributed by atoms with van der Waals surface area (Å²) in [4.78, 5) is 1.37. The van der Waals surface area contributed by atoms with Gasteiger partial charge in [0.05, 0.1) is 12.7 Å². The maximum absolute atomic E-state index is 9.64. The highest BCUT2D eigenvalue weighted by Gasteiger charge is 2.05. The van der Waals surface area contributed by atoms with Crippen LogP contribution < -0.4 is 5.32 Å². The van der Waals surface area contributed by atoms with Crippen LogP contribution in [0.3, 0.4) is 0 Å². The van der Waals surface area contributed by atoms with Crippen molar-refractivity contribution in [1.29, 1.82) is 0 Å². The summed E-state index contributed by atoms with van der Waals surface area (Å²) in [6.45, 7) is 1.72. The minimum Gasteiger partial charge on any atom is -0.506 e. The second-order valence-corrected chi connectivity index (χ2v) is 8.30. The first-order chi connectivity index (χ1) is 9.06. The van der Waals surface area contributed by atoms with Crippen molar-refractivity contribution in [2.75, 3.05) is 6.54 Å². The molecule has 1 heterocycles. The highest BCUT2D eigenvalue weighted by molar-refractivity contribution is 9.11. The quantitative estimate of drug-likeness (QED) is 0.599. The summed E-state index contributed by atoms with van der Waals surface area (Å²) in [5, 5.41) is 13.0. The van der Waals surface area contributed by atoms with Crippen molar-refractivity contribution in [1.82, 2.24) is 5.32 Å². The van der Waals surface area contributed by atoms with Crippen LogP contribution >= 0.6 is 59.1 Å². The van der Waals surface area contributed by atoms with E-state index in [4.69, 9.17) is 0 Å². The van der Waals surface area contributed by atoms with Gasteiger partial charge in [-0.1, -0.05) is 0 Å². The van der Waals surface area contributed by atoms with Gasteiger partial charge in [0, 0.05) is 18.0 Å². The molecule has 0 saturated heterocycles. The summed E-state index contributed by atoms with van der Waals surface area (Å²) in [5.74, 6) is 0.243. The Morgan fingerprint density at radius 3 is 2.37 bits per heavy atom. The molecule has 0 atom stereocenters. The first-order valence-corrected chi connectivity index (χ1v) is 8.87. The van der Waals surface area contributed by atoms with Gasteiger partial charge in [-0.2, -0.15) is 0 Å². The molecule has 2 rings (SSSR count). The van der Waals surface area contributed by atoms with Gasteiger partial charge in [0.25, 0.3) is 0 Å². The second kappa shape index (κ2) is 7.22. The molecule has 0 bridgehead atoms. The molecule has 6 heteroatoms. The lowest BCUT2D eigenvalue weighted by molar-refractivity contribution is 0.468. The Kier molecular flexibility index (Phi) is 5.89. The van der Waals surface area contributed by atoms with Crippen LogP contribution in [-0.4, -0.2) is 11.7 Å². The average molecular weight is 470 g/mol. The standard InChI is InChI=1S/C13H12Br3NOS/c14-10-5-8(6-11(15)13(10)18)7-17-4-3-9-1-2-12(16)19-9/h1-2,5-6,17-18H,3-4,7H2. The van der Waals surface area contributed by atoms with E-state index in [2.05, 4.69) is 65.2 Å². The molecule has 1 aromatic heterocycles. The third-order valence-corrected chi connectivity index (χ3v) is 5.48. The molecular formula is C13H12Br3NOS. The molecule has 0 amide bonds. The smallest absolute Gasteiger partial charge is 0.143 e. The maximum atomic E-state index is 9.64. The zero-order valence-corrected chi connectivity index (χ0v) is 15.5. The molecule has 0 radical (unpaired) electrons. The van der Waals surface area contributed by atoms with Crippen molar-refractivity contribution in [2.24, 2.45) is 0 Å². The van der Waals surface area contributed by atoms with Crippen LogP contribution in [0, 0.1) is 0 Å². The predicted octanol–water partition coefficient (Wildman–Crippen LogP) is 5.07. The fourth-order valence-corrected chi connectivity index (χ4v) is 4.41. The Morgan fingerprint density at radius 1 is 1.11 bits per heavy atom. The van der Waals surface area contributed by atoms with Crippen LogP contribution in [-0.2, 0) is 13.0 Å². The zero-order valence-electron chi connectivity index (χ0n) is 9.92. The first-order valence-electron chi connectivity index (χ1n) is 5.68. The van der Waals surface area contributed by atoms with Gasteiger partial charge >= 0.3 is 0 Å². The molecule has 0 aliphatic heterocycles. The molecule has 2 aromatic rings. The van der Waals surface area contributed by atoms with Gasteiger partial charge in [-0.15, -0.1) is 11.3 Å². The number of aromatic hydroxyl groups is 1. The lowest BCUT2D eigenvalue weighted by Gasteiger charge is -2.07. The largest absolute Gasteiger partial charge is 0.506 e. The Hall–Kier alpha value is 0.120. The molecule has 2 N–H and O–H groups in total. The Balaban J connectivity index is 1.83. The Bertz CT molecular complexity index is 548. The number of halogens is 3. The molecule has 0 fully saturated rings. The van der Waals surface area contributed by atoms with E-state index >= 15 is 0 Å². The summed E-state index contributed by atoms with van der Waals surface area (Å²) in [7, 11) is 0. The second-order valence-electron chi connectivity index (χ2n) is 4.04. The van der Waals surface area contributed by atoms with Crippen molar-refractivity contribution in [3.8, 4) is 5.75 Å². The lowest BCUT2D eigenvalue weighted by Crippen LogP contribution is -2.16. The van der Waals surface area contributed by atoms with E-state index in [1.165, 1.54) is 8.66 Å². The first kappa shape index (κ1) is 15.5. The monoisotopic (exact) mass is 467 g/mol. The molecule has 1 aromatic carbocycles. The van der Waals surface area contributed by atoms with Crippen LogP contribution in [0.4, 0.5) is 0 Å². The molecule has 0 spiro atoms. The number of benzene rings is 1. The van der Waals surface area contributed by atoms with Gasteiger partial charge in [-0.25, -0.2) is 0 Å². The van der Waals surface area contributed by atoms with E-state index in [0.717, 1.165) is 25.1 Å². The van der Waals surface area contributed by atoms with E-state index in [1.807, 2.05) is 12.1 Å². The van der Waals surface area contributed by atoms with Crippen LogP contribution in [0.25, 0.3) is 0 Å². The van der Waals surface area contributed by atoms with Crippen LogP contribution in [0.5, 0.6) is 5.75 Å². The SMILES string of the molecule is Oc1c(Br)cc(CNCCc2ccc(Br)s2)cc1Br. The number of thiophene rings is 1. The fourth-order valence-electron chi connectivity index (χ4n) is 1.65. The third-order valence-electron chi connectivity index (χ3n) is 2.58. The highest BCUT2D eigenvalue weighted by atomic mass is 79.9. The van der Waals surface area contributed by atoms with Crippen molar-refractivity contribution in [3.63, 3.8) is 0 Å². The minimum absolute atomic E-state index is 0.243. The molecule has 2 nitrogen and oxygen atoms in total. The van der Waals surface area contributed by atoms with Crippen LogP contribution in [0.1, 0.15) is 10.4 Å². The average Bonchev–Trinajstić information content (AvgIpc) is 2.77. The van der Waals surface area contributed by atoms with E-state index in [1.54, 1.807) is 11.3 Å². The van der Waals surface area contributed by atoms with Gasteiger partial charge in [-0.3, -0.25) is 0 Å². The van der Waals surface area contributed by atoms with E-state index in [0.29, 0.717) is 8.95 Å². The zero-order chi connectivity index (χ0) is 13.8. The van der Waals surface area contributed by atoms with Gasteiger partial charge in [0.1, 0.15) is 5.75 Å². The fraction of sp³-hybridized carbons (Fsp3) is 0.231. The van der Waals surface area contributed by atoms with Gasteiger partial charge < -0.3 is 10.4 Å². The lowest BCUT2D eigenvalue weighted by atomic mass is 10.2. The van der Waals surface area contributed by atoms with Gasteiger partial charge in [0.15, 0.2) is 0 Å². The number of hydrogen-bond donors (Lipinski definition) is 2. The van der Waals surface area contributed by atoms with E-state index in [-0.39, 0.29) is 5.75 Å². The summed E-state index contributed by atoms with van der Waals surface area (Å²) >= 11 is 11.9. The molecular weight excluding hydrogens is 458 g/mol. The van der Waals surface area contributed by atoms with Crippen molar-refractivity contribution in [2.45, 2.75) is 13.0 Å².